The van der Waals surface area contributed by atoms with Gasteiger partial charge in [0.15, 0.2) is 0 Å². The van der Waals surface area contributed by atoms with E-state index >= 15 is 0 Å². The maximum absolute atomic E-state index is 13.2. The number of hydrogen-bond acceptors (Lipinski definition) is 3. The molecule has 0 fully saturated rings. The van der Waals surface area contributed by atoms with Crippen LogP contribution in [0.4, 0.5) is 4.39 Å². The van der Waals surface area contributed by atoms with Crippen LogP contribution in [-0.2, 0) is 4.79 Å². The number of ether oxygens (including phenoxy) is 1. The number of amides is 1. The van der Waals surface area contributed by atoms with Crippen molar-refractivity contribution in [3.05, 3.63) is 29.6 Å². The zero-order chi connectivity index (χ0) is 12.7. The van der Waals surface area contributed by atoms with Crippen LogP contribution < -0.4 is 10.1 Å². The second-order valence-corrected chi connectivity index (χ2v) is 3.31. The number of nitrogens with one attached hydrogen (secondary N) is 1. The zero-order valence-electron chi connectivity index (χ0n) is 9.50. The Morgan fingerprint density at radius 1 is 1.59 bits per heavy atom. The summed E-state index contributed by atoms with van der Waals surface area (Å²) in [4.78, 5) is 11.1. The molecular formula is C12H13FN2O2. The monoisotopic (exact) mass is 236 g/mol. The predicted octanol–water partition coefficient (Wildman–Crippen LogP) is 1.60. The highest BCUT2D eigenvalue weighted by Gasteiger charge is 2.04. The second kappa shape index (κ2) is 6.48. The number of rotatable bonds is 5. The first-order chi connectivity index (χ1) is 8.17. The lowest BCUT2D eigenvalue weighted by Gasteiger charge is -2.06. The molecule has 0 spiro atoms. The minimum absolute atomic E-state index is 0.0268. The molecule has 0 saturated carbocycles. The fraction of sp³-hybridized carbons (Fsp3) is 0.333. The van der Waals surface area contributed by atoms with Gasteiger partial charge in [0.25, 0.3) is 0 Å². The highest BCUT2D eigenvalue weighted by molar-refractivity contribution is 5.75. The van der Waals surface area contributed by atoms with Crippen LogP contribution in [0.1, 0.15) is 18.9 Å². The molecule has 5 heteroatoms. The van der Waals surface area contributed by atoms with Crippen molar-refractivity contribution in [2.24, 2.45) is 0 Å². The summed E-state index contributed by atoms with van der Waals surface area (Å²) >= 11 is 0. The molecule has 1 amide bonds. The van der Waals surface area contributed by atoms with Crippen molar-refractivity contribution in [2.45, 2.75) is 13.3 Å². The van der Waals surface area contributed by atoms with E-state index in [4.69, 9.17) is 10.00 Å². The quantitative estimate of drug-likeness (QED) is 0.844. The van der Waals surface area contributed by atoms with Crippen molar-refractivity contribution in [3.8, 4) is 11.8 Å². The Morgan fingerprint density at radius 2 is 2.35 bits per heavy atom. The van der Waals surface area contributed by atoms with Gasteiger partial charge in [-0.25, -0.2) is 4.39 Å². The summed E-state index contributed by atoms with van der Waals surface area (Å²) in [5, 5.41) is 11.2. The Balaban J connectivity index is 2.45. The Morgan fingerprint density at radius 3 is 2.94 bits per heavy atom. The second-order valence-electron chi connectivity index (χ2n) is 3.31. The van der Waals surface area contributed by atoms with Gasteiger partial charge in [-0.2, -0.15) is 5.26 Å². The van der Waals surface area contributed by atoms with Gasteiger partial charge in [-0.1, -0.05) is 0 Å². The summed E-state index contributed by atoms with van der Waals surface area (Å²) in [6.07, 6.45) is 0.218. The van der Waals surface area contributed by atoms with Gasteiger partial charge in [-0.05, 0) is 19.1 Å². The van der Waals surface area contributed by atoms with Gasteiger partial charge >= 0.3 is 0 Å². The van der Waals surface area contributed by atoms with Crippen LogP contribution in [0.15, 0.2) is 18.2 Å². The van der Waals surface area contributed by atoms with Crippen LogP contribution in [0.25, 0.3) is 0 Å². The Bertz CT molecular complexity index is 441. The van der Waals surface area contributed by atoms with E-state index in [2.05, 4.69) is 5.32 Å². The number of carbonyl (C=O) groups excluding carboxylic acids is 1. The summed E-state index contributed by atoms with van der Waals surface area (Å²) in [5.74, 6) is -0.421. The summed E-state index contributed by atoms with van der Waals surface area (Å²) in [6.45, 7) is 2.58. The highest BCUT2D eigenvalue weighted by atomic mass is 19.1. The molecule has 1 aromatic carbocycles. The molecule has 17 heavy (non-hydrogen) atoms. The standard InChI is InChI=1S/C12H13FN2O2/c1-2-15-12(16)5-6-17-10-4-3-9(8-14)11(13)7-10/h3-4,7H,2,5-6H2,1H3,(H,15,16). The molecule has 0 bridgehead atoms. The third-order valence-corrected chi connectivity index (χ3v) is 2.03. The molecule has 0 aliphatic carbocycles. The van der Waals surface area contributed by atoms with E-state index in [-0.39, 0.29) is 24.5 Å². The molecule has 0 aliphatic heterocycles. The largest absolute Gasteiger partial charge is 0.493 e. The van der Waals surface area contributed by atoms with Crippen LogP contribution in [0.3, 0.4) is 0 Å². The number of carbonyl (C=O) groups is 1. The van der Waals surface area contributed by atoms with E-state index in [1.165, 1.54) is 12.1 Å². The molecule has 0 aromatic heterocycles. The molecule has 4 nitrogen and oxygen atoms in total. The molecule has 90 valence electrons. The highest BCUT2D eigenvalue weighted by Crippen LogP contribution is 2.15. The molecule has 0 unspecified atom stereocenters. The van der Waals surface area contributed by atoms with E-state index in [1.807, 2.05) is 6.92 Å². The molecule has 0 radical (unpaired) electrons. The average Bonchev–Trinajstić information content (AvgIpc) is 2.29. The fourth-order valence-corrected chi connectivity index (χ4v) is 1.22. The van der Waals surface area contributed by atoms with Gasteiger partial charge in [0.2, 0.25) is 5.91 Å². The Hall–Kier alpha value is -2.09. The average molecular weight is 236 g/mol. The maximum atomic E-state index is 13.2. The lowest BCUT2D eigenvalue weighted by Crippen LogP contribution is -2.24. The van der Waals surface area contributed by atoms with Crippen LogP contribution in [0.2, 0.25) is 0 Å². The van der Waals surface area contributed by atoms with Crippen molar-refractivity contribution in [1.29, 1.82) is 5.26 Å². The van der Waals surface area contributed by atoms with E-state index in [0.29, 0.717) is 12.3 Å². The lowest BCUT2D eigenvalue weighted by atomic mass is 10.2. The first kappa shape index (κ1) is 13.0. The van der Waals surface area contributed by atoms with Gasteiger partial charge in [-0.15, -0.1) is 0 Å². The maximum Gasteiger partial charge on any atom is 0.223 e. The van der Waals surface area contributed by atoms with Crippen LogP contribution >= 0.6 is 0 Å². The van der Waals surface area contributed by atoms with Crippen molar-refractivity contribution < 1.29 is 13.9 Å². The zero-order valence-corrected chi connectivity index (χ0v) is 9.50. The first-order valence-corrected chi connectivity index (χ1v) is 5.26. The predicted molar refractivity (Wildman–Crippen MR) is 59.9 cm³/mol. The molecular weight excluding hydrogens is 223 g/mol. The molecule has 0 atom stereocenters. The SMILES string of the molecule is CCNC(=O)CCOc1ccc(C#N)c(F)c1. The normalized spacial score (nSPS) is 9.47. The molecule has 0 heterocycles. The number of hydrogen-bond donors (Lipinski definition) is 1. The first-order valence-electron chi connectivity index (χ1n) is 5.26. The number of halogens is 1. The Kier molecular flexibility index (Phi) is 4.95. The minimum Gasteiger partial charge on any atom is -0.493 e. The van der Waals surface area contributed by atoms with E-state index < -0.39 is 5.82 Å². The van der Waals surface area contributed by atoms with Gasteiger partial charge < -0.3 is 10.1 Å². The number of nitrogens with zero attached hydrogens (tertiary/aromatic N) is 1. The number of nitriles is 1. The van der Waals surface area contributed by atoms with Gasteiger partial charge in [-0.3, -0.25) is 4.79 Å². The van der Waals surface area contributed by atoms with Crippen molar-refractivity contribution in [3.63, 3.8) is 0 Å². The molecule has 1 rings (SSSR count). The van der Waals surface area contributed by atoms with E-state index in [1.54, 1.807) is 6.07 Å². The molecule has 0 saturated heterocycles. The Labute approximate surface area is 99.0 Å². The van der Waals surface area contributed by atoms with Crippen LogP contribution in [-0.4, -0.2) is 19.1 Å². The fourth-order valence-electron chi connectivity index (χ4n) is 1.22. The van der Waals surface area contributed by atoms with Gasteiger partial charge in [0.05, 0.1) is 18.6 Å². The summed E-state index contributed by atoms with van der Waals surface area (Å²) < 4.78 is 18.4. The van der Waals surface area contributed by atoms with Gasteiger partial charge in [0, 0.05) is 12.6 Å². The topological polar surface area (TPSA) is 62.1 Å². The van der Waals surface area contributed by atoms with E-state index in [0.717, 1.165) is 6.07 Å². The van der Waals surface area contributed by atoms with Crippen LogP contribution in [0.5, 0.6) is 5.75 Å². The molecule has 1 N–H and O–H groups in total. The summed E-state index contributed by atoms with van der Waals surface area (Å²) in [5.41, 5.74) is -0.0268. The molecule has 1 aromatic rings. The third kappa shape index (κ3) is 4.11. The third-order valence-electron chi connectivity index (χ3n) is 2.03. The van der Waals surface area contributed by atoms with Gasteiger partial charge in [0.1, 0.15) is 17.6 Å². The van der Waals surface area contributed by atoms with Crippen molar-refractivity contribution in [2.75, 3.05) is 13.2 Å². The van der Waals surface area contributed by atoms with Crippen molar-refractivity contribution in [1.82, 2.24) is 5.32 Å². The number of benzene rings is 1. The van der Waals surface area contributed by atoms with Crippen LogP contribution in [0, 0.1) is 17.1 Å². The summed E-state index contributed by atoms with van der Waals surface area (Å²) in [7, 11) is 0. The summed E-state index contributed by atoms with van der Waals surface area (Å²) in [6, 6.07) is 5.70. The smallest absolute Gasteiger partial charge is 0.223 e. The minimum atomic E-state index is -0.622. The molecule has 0 aliphatic rings. The lowest BCUT2D eigenvalue weighted by molar-refractivity contribution is -0.121. The van der Waals surface area contributed by atoms with Crippen molar-refractivity contribution >= 4 is 5.91 Å². The van der Waals surface area contributed by atoms with E-state index in [9.17, 15) is 9.18 Å².